The van der Waals surface area contributed by atoms with Crippen LogP contribution in [0.15, 0.2) is 18.2 Å². The zero-order chi connectivity index (χ0) is 15.2. The van der Waals surface area contributed by atoms with Gasteiger partial charge in [-0.2, -0.15) is 11.8 Å². The van der Waals surface area contributed by atoms with Crippen LogP contribution in [0, 0.1) is 0 Å². The van der Waals surface area contributed by atoms with Crippen LogP contribution in [0.3, 0.4) is 0 Å². The van der Waals surface area contributed by atoms with Crippen LogP contribution in [0.25, 0.3) is 0 Å². The Morgan fingerprint density at radius 3 is 3.00 bits per heavy atom. The summed E-state index contributed by atoms with van der Waals surface area (Å²) in [6.45, 7) is 2.15. The fourth-order valence-electron chi connectivity index (χ4n) is 2.79. The first-order valence-electron chi connectivity index (χ1n) is 7.50. The Hall–Kier alpha value is -1.36. The Bertz CT molecular complexity index is 493. The molecular formula is C16H24N2O2S. The van der Waals surface area contributed by atoms with E-state index >= 15 is 0 Å². The van der Waals surface area contributed by atoms with E-state index < -0.39 is 0 Å². The first-order chi connectivity index (χ1) is 10.2. The van der Waals surface area contributed by atoms with Gasteiger partial charge in [-0.15, -0.1) is 0 Å². The molecule has 2 rings (SSSR count). The number of carbonyl (C=O) groups excluding carboxylic acids is 1. The number of benzene rings is 1. The largest absolute Gasteiger partial charge is 0.462 e. The van der Waals surface area contributed by atoms with Gasteiger partial charge in [0.25, 0.3) is 0 Å². The molecule has 116 valence electrons. The number of para-hydroxylation sites is 1. The highest BCUT2D eigenvalue weighted by atomic mass is 32.2. The van der Waals surface area contributed by atoms with E-state index in [9.17, 15) is 4.79 Å². The number of thioether (sulfide) groups is 1. The van der Waals surface area contributed by atoms with Gasteiger partial charge in [-0.3, -0.25) is 0 Å². The molecule has 0 bridgehead atoms. The minimum Gasteiger partial charge on any atom is -0.462 e. The van der Waals surface area contributed by atoms with E-state index in [1.165, 1.54) is 12.8 Å². The molecule has 1 aromatic rings. The number of nitrogens with two attached hydrogens (primary N) is 1. The number of anilines is 2. The Balaban J connectivity index is 2.09. The van der Waals surface area contributed by atoms with Gasteiger partial charge in [0, 0.05) is 11.3 Å². The number of hydrogen-bond donors (Lipinski definition) is 2. The predicted molar refractivity (Wildman–Crippen MR) is 90.0 cm³/mol. The van der Waals surface area contributed by atoms with Gasteiger partial charge in [0.1, 0.15) is 0 Å². The second-order valence-corrected chi connectivity index (χ2v) is 6.49. The third-order valence-electron chi connectivity index (χ3n) is 3.92. The van der Waals surface area contributed by atoms with Crippen LogP contribution in [0.5, 0.6) is 0 Å². The zero-order valence-electron chi connectivity index (χ0n) is 12.7. The lowest BCUT2D eigenvalue weighted by Crippen LogP contribution is -2.29. The lowest BCUT2D eigenvalue weighted by Gasteiger charge is -2.30. The van der Waals surface area contributed by atoms with Crippen molar-refractivity contribution in [2.75, 3.05) is 23.9 Å². The molecule has 2 unspecified atom stereocenters. The minimum absolute atomic E-state index is 0.355. The topological polar surface area (TPSA) is 64.3 Å². The average Bonchev–Trinajstić information content (AvgIpc) is 2.50. The number of hydrogen-bond acceptors (Lipinski definition) is 5. The van der Waals surface area contributed by atoms with Gasteiger partial charge in [-0.25, -0.2) is 4.79 Å². The van der Waals surface area contributed by atoms with Gasteiger partial charge in [0.15, 0.2) is 0 Å². The Morgan fingerprint density at radius 1 is 1.48 bits per heavy atom. The number of esters is 1. The van der Waals surface area contributed by atoms with E-state index in [0.29, 0.717) is 29.1 Å². The Morgan fingerprint density at radius 2 is 2.29 bits per heavy atom. The highest BCUT2D eigenvalue weighted by molar-refractivity contribution is 7.99. The first-order valence-corrected chi connectivity index (χ1v) is 8.79. The maximum atomic E-state index is 11.9. The van der Waals surface area contributed by atoms with Gasteiger partial charge in [0.05, 0.1) is 23.5 Å². The van der Waals surface area contributed by atoms with Gasteiger partial charge < -0.3 is 15.8 Å². The molecule has 5 heteroatoms. The molecule has 0 saturated heterocycles. The van der Waals surface area contributed by atoms with Gasteiger partial charge in [-0.05, 0) is 44.6 Å². The summed E-state index contributed by atoms with van der Waals surface area (Å²) in [6, 6.07) is 5.92. The monoisotopic (exact) mass is 308 g/mol. The number of rotatable bonds is 5. The first kappa shape index (κ1) is 16.0. The molecular weight excluding hydrogens is 284 g/mol. The summed E-state index contributed by atoms with van der Waals surface area (Å²) in [4.78, 5) is 11.9. The van der Waals surface area contributed by atoms with Crippen LogP contribution in [0.1, 0.15) is 43.0 Å². The summed E-state index contributed by atoms with van der Waals surface area (Å²) >= 11 is 1.93. The molecule has 21 heavy (non-hydrogen) atoms. The normalized spacial score (nSPS) is 21.8. The molecule has 0 aliphatic heterocycles. The van der Waals surface area contributed by atoms with E-state index in [2.05, 4.69) is 11.6 Å². The summed E-state index contributed by atoms with van der Waals surface area (Å²) in [6.07, 6.45) is 6.99. The van der Waals surface area contributed by atoms with Crippen molar-refractivity contribution in [1.29, 1.82) is 0 Å². The molecule has 0 radical (unpaired) electrons. The molecule has 0 aromatic heterocycles. The second kappa shape index (κ2) is 7.59. The summed E-state index contributed by atoms with van der Waals surface area (Å²) in [7, 11) is 0. The average molecular weight is 308 g/mol. The standard InChI is InChI=1S/C16H24N2O2S/c1-3-20-16(19)13-8-5-9-14(15(13)17)18-11-6-4-7-12(10-11)21-2/h5,8-9,11-12,18H,3-4,6-7,10,17H2,1-2H3. The smallest absolute Gasteiger partial charge is 0.340 e. The van der Waals surface area contributed by atoms with Crippen molar-refractivity contribution in [3.05, 3.63) is 23.8 Å². The molecule has 3 N–H and O–H groups in total. The lowest BCUT2D eigenvalue weighted by molar-refractivity contribution is 0.0527. The van der Waals surface area contributed by atoms with E-state index in [1.807, 2.05) is 23.9 Å². The predicted octanol–water partition coefficient (Wildman–Crippen LogP) is 3.53. The van der Waals surface area contributed by atoms with E-state index in [4.69, 9.17) is 10.5 Å². The van der Waals surface area contributed by atoms with Crippen molar-refractivity contribution in [2.45, 2.75) is 43.9 Å². The van der Waals surface area contributed by atoms with Crippen molar-refractivity contribution >= 4 is 29.1 Å². The quantitative estimate of drug-likeness (QED) is 0.643. The molecule has 0 heterocycles. The van der Waals surface area contributed by atoms with E-state index in [1.54, 1.807) is 13.0 Å². The number of ether oxygens (including phenoxy) is 1. The van der Waals surface area contributed by atoms with Crippen LogP contribution in [-0.4, -0.2) is 30.1 Å². The Kier molecular flexibility index (Phi) is 5.79. The lowest BCUT2D eigenvalue weighted by atomic mass is 9.94. The number of nitrogen functional groups attached to an aromatic ring is 1. The van der Waals surface area contributed by atoms with Crippen LogP contribution < -0.4 is 11.1 Å². The molecule has 1 fully saturated rings. The van der Waals surface area contributed by atoms with E-state index in [0.717, 1.165) is 18.5 Å². The maximum absolute atomic E-state index is 11.9. The summed E-state index contributed by atoms with van der Waals surface area (Å²) in [5.74, 6) is -0.357. The second-order valence-electron chi connectivity index (χ2n) is 5.35. The molecule has 4 nitrogen and oxygen atoms in total. The van der Waals surface area contributed by atoms with Crippen molar-refractivity contribution in [1.82, 2.24) is 0 Å². The summed E-state index contributed by atoms with van der Waals surface area (Å²) in [5.41, 5.74) is 7.90. The SMILES string of the molecule is CCOC(=O)c1cccc(NC2CCCC(SC)C2)c1N. The molecule has 1 saturated carbocycles. The van der Waals surface area contributed by atoms with Crippen LogP contribution in [-0.2, 0) is 4.74 Å². The summed E-state index contributed by atoms with van der Waals surface area (Å²) < 4.78 is 5.04. The van der Waals surface area contributed by atoms with E-state index in [-0.39, 0.29) is 5.97 Å². The van der Waals surface area contributed by atoms with Gasteiger partial charge in [-0.1, -0.05) is 12.5 Å². The van der Waals surface area contributed by atoms with Gasteiger partial charge >= 0.3 is 5.97 Å². The Labute approximate surface area is 130 Å². The van der Waals surface area contributed by atoms with Crippen LogP contribution in [0.2, 0.25) is 0 Å². The fraction of sp³-hybridized carbons (Fsp3) is 0.562. The molecule has 0 amide bonds. The van der Waals surface area contributed by atoms with Crippen LogP contribution in [0.4, 0.5) is 11.4 Å². The highest BCUT2D eigenvalue weighted by Crippen LogP contribution is 2.31. The molecule has 1 aromatic carbocycles. The molecule has 2 atom stereocenters. The number of nitrogens with one attached hydrogen (secondary N) is 1. The fourth-order valence-corrected chi connectivity index (χ4v) is 3.62. The molecule has 1 aliphatic carbocycles. The van der Waals surface area contributed by atoms with Crippen molar-refractivity contribution < 1.29 is 9.53 Å². The van der Waals surface area contributed by atoms with Crippen molar-refractivity contribution in [2.24, 2.45) is 0 Å². The zero-order valence-corrected chi connectivity index (χ0v) is 13.5. The third kappa shape index (κ3) is 4.06. The minimum atomic E-state index is -0.357. The third-order valence-corrected chi connectivity index (χ3v) is 5.02. The maximum Gasteiger partial charge on any atom is 0.340 e. The van der Waals surface area contributed by atoms with Crippen molar-refractivity contribution in [3.63, 3.8) is 0 Å². The molecule has 1 aliphatic rings. The van der Waals surface area contributed by atoms with Crippen LogP contribution >= 0.6 is 11.8 Å². The molecule has 0 spiro atoms. The van der Waals surface area contributed by atoms with Gasteiger partial charge in [0.2, 0.25) is 0 Å². The summed E-state index contributed by atoms with van der Waals surface area (Å²) in [5, 5.41) is 4.22. The number of carbonyl (C=O) groups is 1. The highest BCUT2D eigenvalue weighted by Gasteiger charge is 2.22. The van der Waals surface area contributed by atoms with Crippen molar-refractivity contribution in [3.8, 4) is 0 Å².